The Hall–Kier alpha value is -3.85. The summed E-state index contributed by atoms with van der Waals surface area (Å²) >= 11 is 0. The first-order valence-electron chi connectivity index (χ1n) is 17.7. The number of fused-ring (bicyclic) bond motifs is 2. The summed E-state index contributed by atoms with van der Waals surface area (Å²) in [4.78, 5) is 24.6. The zero-order valence-electron chi connectivity index (χ0n) is 30.6. The first kappa shape index (κ1) is 40.9. The van der Waals surface area contributed by atoms with E-state index in [0.717, 1.165) is 60.9 Å². The maximum Gasteiger partial charge on any atom is 0.303 e. The van der Waals surface area contributed by atoms with Crippen LogP contribution in [0.25, 0.3) is 0 Å². The van der Waals surface area contributed by atoms with Crippen LogP contribution in [0.4, 0.5) is 5.69 Å². The quantitative estimate of drug-likeness (QED) is 0.0630. The predicted molar refractivity (Wildman–Crippen MR) is 200 cm³/mol. The number of carboxylic acid groups (broad SMARTS) is 1. The third-order valence-electron chi connectivity index (χ3n) is 10.4. The Balaban J connectivity index is 1.61. The summed E-state index contributed by atoms with van der Waals surface area (Å²) in [5.41, 5.74) is 2.31. The smallest absolute Gasteiger partial charge is 0.303 e. The Labute approximate surface area is 307 Å². The van der Waals surface area contributed by atoms with E-state index in [4.69, 9.17) is 5.11 Å². The van der Waals surface area contributed by atoms with Gasteiger partial charge in [-0.1, -0.05) is 51.0 Å². The zero-order chi connectivity index (χ0) is 38.5. The molecule has 2 aliphatic heterocycles. The number of amides is 1. The van der Waals surface area contributed by atoms with Crippen molar-refractivity contribution in [1.29, 1.82) is 0 Å². The SMILES string of the molecule is CNC(=O)CCCCCN1c2ccc(S(=O)(=O)O)cc2C(C)(C)C1/C=C/C=C/C=[N+]1C(CCCCCC(=O)O)c2ccc(S(=O)(=O)O)cc2C1(C)C. The standard InChI is InChI=1S/C38H51N3O9S2/c1-37(2)31-26-28(52(48,49)50)20-22-33(31)40(23-13-8-11-17-35(42)39-5)34(37)16-10-7-14-24-41-32(15-9-6-12-18-36(43)44)29-21-19-27(51(45,46)47)25-30(29)38(41,3)4/h7,10,14,16,19-22,24-26,32,34H,6,8-9,11-13,15,17-18,23H2,1-5H3,(H3-,39,42,43,44,45,46,47,48,49,50)/p+1/b14-7+,16-10+,41-24?. The Kier molecular flexibility index (Phi) is 12.9. The number of unbranched alkanes of at least 4 members (excludes halogenated alkanes) is 4. The maximum atomic E-state index is 12.0. The van der Waals surface area contributed by atoms with E-state index in [1.807, 2.05) is 52.1 Å². The summed E-state index contributed by atoms with van der Waals surface area (Å²) in [5, 5.41) is 11.7. The number of nitrogens with one attached hydrogen (secondary N) is 1. The van der Waals surface area contributed by atoms with Crippen LogP contribution in [-0.2, 0) is 40.8 Å². The molecule has 12 nitrogen and oxygen atoms in total. The third-order valence-corrected chi connectivity index (χ3v) is 12.1. The van der Waals surface area contributed by atoms with Gasteiger partial charge in [0.05, 0.1) is 15.8 Å². The largest absolute Gasteiger partial charge is 0.481 e. The molecule has 2 aromatic rings. The van der Waals surface area contributed by atoms with E-state index >= 15 is 0 Å². The number of benzene rings is 2. The highest BCUT2D eigenvalue weighted by Crippen LogP contribution is 2.47. The Bertz CT molecular complexity index is 1970. The van der Waals surface area contributed by atoms with Crippen LogP contribution in [0.3, 0.4) is 0 Å². The van der Waals surface area contributed by atoms with E-state index in [0.29, 0.717) is 19.4 Å². The van der Waals surface area contributed by atoms with Crippen LogP contribution >= 0.6 is 0 Å². The van der Waals surface area contributed by atoms with Crippen LogP contribution in [0.15, 0.2) is 70.5 Å². The molecule has 0 aliphatic carbocycles. The molecule has 284 valence electrons. The van der Waals surface area contributed by atoms with Crippen LogP contribution < -0.4 is 10.2 Å². The van der Waals surface area contributed by atoms with Gasteiger partial charge < -0.3 is 15.3 Å². The lowest BCUT2D eigenvalue weighted by Crippen LogP contribution is -2.40. The summed E-state index contributed by atoms with van der Waals surface area (Å²) < 4.78 is 69.7. The van der Waals surface area contributed by atoms with Crippen molar-refractivity contribution in [3.8, 4) is 0 Å². The highest BCUT2D eigenvalue weighted by atomic mass is 32.2. The number of rotatable bonds is 17. The van der Waals surface area contributed by atoms with E-state index in [1.54, 1.807) is 25.2 Å². The van der Waals surface area contributed by atoms with Gasteiger partial charge in [-0.2, -0.15) is 16.8 Å². The fraction of sp³-hybridized carbons (Fsp3) is 0.500. The second-order valence-corrected chi connectivity index (χ2v) is 17.5. The van der Waals surface area contributed by atoms with Gasteiger partial charge in [0.15, 0.2) is 17.8 Å². The molecular weight excluding hydrogens is 707 g/mol. The first-order chi connectivity index (χ1) is 24.3. The van der Waals surface area contributed by atoms with Gasteiger partial charge in [-0.05, 0) is 61.6 Å². The summed E-state index contributed by atoms with van der Waals surface area (Å²) in [6.45, 7) is 8.76. The molecule has 0 saturated heterocycles. The van der Waals surface area contributed by atoms with E-state index in [1.165, 1.54) is 18.2 Å². The van der Waals surface area contributed by atoms with Crippen LogP contribution in [0, 0.1) is 0 Å². The van der Waals surface area contributed by atoms with Gasteiger partial charge in [0, 0.05) is 75.0 Å². The van der Waals surface area contributed by atoms with Crippen molar-refractivity contribution >= 4 is 44.0 Å². The van der Waals surface area contributed by atoms with Crippen molar-refractivity contribution in [3.63, 3.8) is 0 Å². The molecule has 0 spiro atoms. The van der Waals surface area contributed by atoms with Gasteiger partial charge in [-0.3, -0.25) is 18.7 Å². The highest BCUT2D eigenvalue weighted by Gasteiger charge is 2.48. The minimum atomic E-state index is -4.40. The highest BCUT2D eigenvalue weighted by molar-refractivity contribution is 7.86. The van der Waals surface area contributed by atoms with Crippen molar-refractivity contribution in [2.75, 3.05) is 18.5 Å². The molecule has 4 N–H and O–H groups in total. The molecule has 2 aliphatic rings. The molecule has 0 saturated carbocycles. The first-order valence-corrected chi connectivity index (χ1v) is 20.6. The number of anilines is 1. The zero-order valence-corrected chi connectivity index (χ0v) is 32.2. The molecule has 52 heavy (non-hydrogen) atoms. The minimum absolute atomic E-state index is 0.000841. The molecule has 2 heterocycles. The van der Waals surface area contributed by atoms with E-state index in [2.05, 4.69) is 20.9 Å². The van der Waals surface area contributed by atoms with Gasteiger partial charge in [0.2, 0.25) is 5.91 Å². The van der Waals surface area contributed by atoms with Crippen molar-refractivity contribution < 1.29 is 45.2 Å². The Morgan fingerprint density at radius 2 is 1.44 bits per heavy atom. The molecule has 14 heteroatoms. The van der Waals surface area contributed by atoms with E-state index < -0.39 is 37.2 Å². The average Bonchev–Trinajstić information content (AvgIpc) is 3.40. The van der Waals surface area contributed by atoms with Crippen molar-refractivity contribution in [2.24, 2.45) is 0 Å². The molecule has 2 aromatic carbocycles. The predicted octanol–water partition coefficient (Wildman–Crippen LogP) is 6.17. The minimum Gasteiger partial charge on any atom is -0.481 e. The Morgan fingerprint density at radius 1 is 0.827 bits per heavy atom. The molecule has 0 bridgehead atoms. The van der Waals surface area contributed by atoms with Crippen molar-refractivity contribution in [3.05, 3.63) is 77.4 Å². The van der Waals surface area contributed by atoms with Gasteiger partial charge in [-0.25, -0.2) is 4.58 Å². The summed E-state index contributed by atoms with van der Waals surface area (Å²) in [5.74, 6) is -0.826. The van der Waals surface area contributed by atoms with Crippen LogP contribution in [0.2, 0.25) is 0 Å². The topological polar surface area (TPSA) is 181 Å². The fourth-order valence-electron chi connectivity index (χ4n) is 7.56. The molecule has 4 rings (SSSR count). The van der Waals surface area contributed by atoms with E-state index in [-0.39, 0.29) is 34.2 Å². The molecule has 1 amide bonds. The molecule has 0 fully saturated rings. The van der Waals surface area contributed by atoms with Gasteiger partial charge in [0.1, 0.15) is 0 Å². The van der Waals surface area contributed by atoms with Crippen LogP contribution in [0.5, 0.6) is 0 Å². The number of nitrogens with zero attached hydrogens (tertiary/aromatic N) is 2. The number of allylic oxidation sites excluding steroid dienone is 3. The maximum absolute atomic E-state index is 12.0. The van der Waals surface area contributed by atoms with Gasteiger partial charge in [-0.15, -0.1) is 0 Å². The number of hydrogen-bond donors (Lipinski definition) is 4. The summed E-state index contributed by atoms with van der Waals surface area (Å²) in [6, 6.07) is 9.15. The van der Waals surface area contributed by atoms with Gasteiger partial charge in [0.25, 0.3) is 20.2 Å². The molecular formula is C38H52N3O9S2+. The lowest BCUT2D eigenvalue weighted by Gasteiger charge is -2.32. The van der Waals surface area contributed by atoms with Crippen LogP contribution in [-0.4, -0.2) is 73.3 Å². The van der Waals surface area contributed by atoms with Gasteiger partial charge >= 0.3 is 5.97 Å². The number of hydrogen-bond acceptors (Lipinski definition) is 7. The molecule has 2 unspecified atom stereocenters. The van der Waals surface area contributed by atoms with E-state index in [9.17, 15) is 35.5 Å². The fourth-order valence-corrected chi connectivity index (χ4v) is 8.57. The molecule has 2 atom stereocenters. The second kappa shape index (κ2) is 16.4. The number of carboxylic acids is 1. The number of aliphatic carboxylic acids is 1. The van der Waals surface area contributed by atoms with Crippen molar-refractivity contribution in [2.45, 2.75) is 118 Å². The Morgan fingerprint density at radius 3 is 2.08 bits per heavy atom. The lowest BCUT2D eigenvalue weighted by molar-refractivity contribution is -0.633. The third kappa shape index (κ3) is 9.38. The lowest BCUT2D eigenvalue weighted by atomic mass is 9.80. The summed E-state index contributed by atoms with van der Waals surface area (Å²) in [7, 11) is -7.18. The second-order valence-electron chi connectivity index (χ2n) is 14.6. The summed E-state index contributed by atoms with van der Waals surface area (Å²) in [6.07, 6.45) is 15.6. The monoisotopic (exact) mass is 758 g/mol. The number of carbonyl (C=O) groups is 2. The normalized spacial score (nSPS) is 20.1. The number of carbonyl (C=O) groups excluding carboxylic acids is 1. The average molecular weight is 759 g/mol. The van der Waals surface area contributed by atoms with Crippen LogP contribution in [0.1, 0.15) is 108 Å². The molecule has 0 radical (unpaired) electrons. The van der Waals surface area contributed by atoms with Crippen molar-refractivity contribution in [1.82, 2.24) is 5.32 Å². The molecule has 0 aromatic heterocycles.